The Kier molecular flexibility index (Phi) is 7.39. The molecule has 2 aromatic carbocycles. The third-order valence-electron chi connectivity index (χ3n) is 5.54. The van der Waals surface area contributed by atoms with E-state index < -0.39 is 10.0 Å². The highest BCUT2D eigenvalue weighted by molar-refractivity contribution is 7.92. The molecule has 0 atom stereocenters. The van der Waals surface area contributed by atoms with Crippen LogP contribution >= 0.6 is 0 Å². The van der Waals surface area contributed by atoms with E-state index in [1.165, 1.54) is 18.2 Å². The first kappa shape index (κ1) is 22.2. The van der Waals surface area contributed by atoms with Gasteiger partial charge in [0.1, 0.15) is 5.82 Å². The van der Waals surface area contributed by atoms with E-state index in [0.29, 0.717) is 6.54 Å². The van der Waals surface area contributed by atoms with Crippen LogP contribution in [0.15, 0.2) is 60.0 Å². The van der Waals surface area contributed by atoms with Crippen LogP contribution < -0.4 is 10.0 Å². The fourth-order valence-electron chi connectivity index (χ4n) is 3.87. The van der Waals surface area contributed by atoms with Crippen LogP contribution in [0, 0.1) is 5.82 Å². The predicted octanol–water partition coefficient (Wildman–Crippen LogP) is 3.73. The second-order valence-electron chi connectivity index (χ2n) is 7.67. The Balaban J connectivity index is 1.48. The number of amides is 1. The molecule has 0 spiro atoms. The van der Waals surface area contributed by atoms with Gasteiger partial charge in [-0.1, -0.05) is 55.3 Å². The molecule has 1 amide bonds. The number of nitrogens with one attached hydrogen (secondary N) is 2. The number of carbonyl (C=O) groups is 1. The van der Waals surface area contributed by atoms with Gasteiger partial charge in [-0.15, -0.1) is 0 Å². The van der Waals surface area contributed by atoms with E-state index in [0.717, 1.165) is 42.2 Å². The molecule has 1 aliphatic carbocycles. The highest BCUT2D eigenvalue weighted by atomic mass is 32.2. The first-order valence-electron chi connectivity index (χ1n) is 10.1. The summed E-state index contributed by atoms with van der Waals surface area (Å²) in [5, 5.41) is 4.04. The minimum Gasteiger partial charge on any atom is -0.355 e. The second-order valence-corrected chi connectivity index (χ2v) is 9.32. The van der Waals surface area contributed by atoms with Gasteiger partial charge < -0.3 is 5.32 Å². The molecule has 1 aliphatic rings. The average molecular weight is 431 g/mol. The summed E-state index contributed by atoms with van der Waals surface area (Å²) in [5.41, 5.74) is 1.64. The van der Waals surface area contributed by atoms with Crippen molar-refractivity contribution in [1.29, 1.82) is 0 Å². The maximum Gasteiger partial charge on any atom is 0.233 e. The van der Waals surface area contributed by atoms with Gasteiger partial charge in [0, 0.05) is 30.3 Å². The van der Waals surface area contributed by atoms with Gasteiger partial charge in [-0.2, -0.15) is 0 Å². The van der Waals surface area contributed by atoms with Crippen molar-refractivity contribution in [3.63, 3.8) is 0 Å². The topological polar surface area (TPSA) is 75.3 Å². The molecule has 0 radical (unpaired) electrons. The zero-order valence-corrected chi connectivity index (χ0v) is 17.6. The number of hydrogen-bond acceptors (Lipinski definition) is 3. The maximum atomic E-state index is 13.3. The summed E-state index contributed by atoms with van der Waals surface area (Å²) in [6.07, 6.45) is 5.58. The van der Waals surface area contributed by atoms with Crippen LogP contribution in [0.2, 0.25) is 0 Å². The Morgan fingerprint density at radius 2 is 1.70 bits per heavy atom. The summed E-state index contributed by atoms with van der Waals surface area (Å²) in [6, 6.07) is 15.6. The summed E-state index contributed by atoms with van der Waals surface area (Å²) >= 11 is 0. The van der Waals surface area contributed by atoms with Gasteiger partial charge in [0.15, 0.2) is 0 Å². The summed E-state index contributed by atoms with van der Waals surface area (Å²) in [7, 11) is -3.61. The Morgan fingerprint density at radius 1 is 1.03 bits per heavy atom. The van der Waals surface area contributed by atoms with Crippen molar-refractivity contribution >= 4 is 22.0 Å². The molecule has 0 heterocycles. The largest absolute Gasteiger partial charge is 0.355 e. The van der Waals surface area contributed by atoms with Gasteiger partial charge >= 0.3 is 0 Å². The smallest absolute Gasteiger partial charge is 0.233 e. The van der Waals surface area contributed by atoms with E-state index >= 15 is 0 Å². The number of rotatable bonds is 9. The maximum absolute atomic E-state index is 13.3. The first-order valence-corrected chi connectivity index (χ1v) is 11.7. The molecular formula is C23H27FN2O3S. The third-order valence-corrected chi connectivity index (χ3v) is 6.64. The van der Waals surface area contributed by atoms with Crippen molar-refractivity contribution in [2.75, 3.05) is 13.1 Å². The Hall–Kier alpha value is -2.51. The van der Waals surface area contributed by atoms with Gasteiger partial charge in [0.05, 0.1) is 0 Å². The normalized spacial score (nSPS) is 16.0. The molecule has 2 aromatic rings. The van der Waals surface area contributed by atoms with Crippen molar-refractivity contribution in [2.24, 2.45) is 0 Å². The van der Waals surface area contributed by atoms with Crippen LogP contribution in [-0.4, -0.2) is 27.4 Å². The average Bonchev–Trinajstić information content (AvgIpc) is 3.22. The fraction of sp³-hybridized carbons (Fsp3) is 0.348. The highest BCUT2D eigenvalue weighted by Crippen LogP contribution is 2.40. The number of benzene rings is 2. The van der Waals surface area contributed by atoms with Gasteiger partial charge in [-0.25, -0.2) is 17.5 Å². The van der Waals surface area contributed by atoms with Crippen LogP contribution in [0.5, 0.6) is 0 Å². The number of halogens is 1. The monoisotopic (exact) mass is 430 g/mol. The summed E-state index contributed by atoms with van der Waals surface area (Å²) in [5.74, 6) is -0.484. The number of sulfonamides is 1. The quantitative estimate of drug-likeness (QED) is 0.636. The second kappa shape index (κ2) is 10.00. The van der Waals surface area contributed by atoms with Gasteiger partial charge in [-0.3, -0.25) is 4.79 Å². The Labute approximate surface area is 177 Å². The molecule has 5 nitrogen and oxygen atoms in total. The minimum atomic E-state index is -3.61. The number of carbonyl (C=O) groups excluding carboxylic acids is 1. The molecule has 30 heavy (non-hydrogen) atoms. The van der Waals surface area contributed by atoms with Crippen molar-refractivity contribution in [3.05, 3.63) is 76.9 Å². The zero-order valence-electron chi connectivity index (χ0n) is 16.8. The fourth-order valence-corrected chi connectivity index (χ4v) is 4.69. The molecule has 1 saturated carbocycles. The van der Waals surface area contributed by atoms with E-state index in [1.807, 2.05) is 18.2 Å². The molecule has 0 aromatic heterocycles. The molecule has 7 heteroatoms. The van der Waals surface area contributed by atoms with Crippen molar-refractivity contribution in [1.82, 2.24) is 10.0 Å². The van der Waals surface area contributed by atoms with Crippen LogP contribution in [-0.2, 0) is 20.2 Å². The molecule has 0 unspecified atom stereocenters. The lowest BCUT2D eigenvalue weighted by Crippen LogP contribution is -2.40. The van der Waals surface area contributed by atoms with E-state index in [-0.39, 0.29) is 30.1 Å². The Bertz CT molecular complexity index is 967. The molecule has 0 aliphatic heterocycles. The molecular weight excluding hydrogens is 403 g/mol. The zero-order chi connectivity index (χ0) is 21.5. The van der Waals surface area contributed by atoms with Crippen molar-refractivity contribution < 1.29 is 17.6 Å². The number of hydrogen-bond donors (Lipinski definition) is 2. The van der Waals surface area contributed by atoms with Gasteiger partial charge in [-0.05, 0) is 42.2 Å². The minimum absolute atomic E-state index is 0.0246. The summed E-state index contributed by atoms with van der Waals surface area (Å²) < 4.78 is 39.8. The van der Waals surface area contributed by atoms with Crippen molar-refractivity contribution in [2.45, 2.75) is 37.5 Å². The van der Waals surface area contributed by atoms with Gasteiger partial charge in [0.25, 0.3) is 0 Å². The van der Waals surface area contributed by atoms with Crippen LogP contribution in [0.4, 0.5) is 4.39 Å². The van der Waals surface area contributed by atoms with E-state index in [9.17, 15) is 17.6 Å². The van der Waals surface area contributed by atoms with Crippen LogP contribution in [0.3, 0.4) is 0 Å². The highest BCUT2D eigenvalue weighted by Gasteiger charge is 2.35. The molecule has 2 N–H and O–H groups in total. The molecule has 160 valence electrons. The summed E-state index contributed by atoms with van der Waals surface area (Å²) in [4.78, 5) is 12.3. The molecule has 3 rings (SSSR count). The SMILES string of the molecule is O=C(CCNS(=O)(=O)/C=C/c1ccccc1)NCC1(c2ccc(F)cc2)CCCC1. The van der Waals surface area contributed by atoms with Gasteiger partial charge in [0.2, 0.25) is 15.9 Å². The predicted molar refractivity (Wildman–Crippen MR) is 117 cm³/mol. The molecule has 0 saturated heterocycles. The van der Waals surface area contributed by atoms with Crippen LogP contribution in [0.25, 0.3) is 6.08 Å². The van der Waals surface area contributed by atoms with E-state index in [2.05, 4.69) is 10.0 Å². The lowest BCUT2D eigenvalue weighted by molar-refractivity contribution is -0.121. The lowest BCUT2D eigenvalue weighted by atomic mass is 9.79. The van der Waals surface area contributed by atoms with Crippen molar-refractivity contribution in [3.8, 4) is 0 Å². The van der Waals surface area contributed by atoms with E-state index in [1.54, 1.807) is 24.3 Å². The first-order chi connectivity index (χ1) is 14.4. The molecule has 1 fully saturated rings. The third kappa shape index (κ3) is 6.24. The van der Waals surface area contributed by atoms with Crippen LogP contribution in [0.1, 0.15) is 43.2 Å². The Morgan fingerprint density at radius 3 is 2.37 bits per heavy atom. The molecule has 0 bridgehead atoms. The lowest BCUT2D eigenvalue weighted by Gasteiger charge is -2.30. The standard InChI is InChI=1S/C23H27FN2O3S/c24-21-10-8-20(9-11-21)23(14-4-5-15-23)18-25-22(27)12-16-26-30(28,29)17-13-19-6-2-1-3-7-19/h1-3,6-11,13,17,26H,4-5,12,14-16,18H2,(H,25,27)/b17-13+. The van der Waals surface area contributed by atoms with E-state index in [4.69, 9.17) is 0 Å². The summed E-state index contributed by atoms with van der Waals surface area (Å²) in [6.45, 7) is 0.495.